The number of nitrogens with zero attached hydrogens (tertiary/aromatic N) is 4. The molecule has 2 heterocycles. The van der Waals surface area contributed by atoms with E-state index >= 15 is 0 Å². The number of carbonyl (C=O) groups excluding carboxylic acids is 1. The second kappa shape index (κ2) is 5.18. The van der Waals surface area contributed by atoms with Crippen LogP contribution in [-0.4, -0.2) is 47.5 Å². The van der Waals surface area contributed by atoms with E-state index < -0.39 is 0 Å². The molecule has 1 saturated heterocycles. The first-order valence-electron chi connectivity index (χ1n) is 8.42. The summed E-state index contributed by atoms with van der Waals surface area (Å²) in [7, 11) is 3.81. The van der Waals surface area contributed by atoms with Gasteiger partial charge in [0.15, 0.2) is 0 Å². The van der Waals surface area contributed by atoms with Crippen LogP contribution in [0.25, 0.3) is 0 Å². The Hall–Kier alpha value is -1.65. The van der Waals surface area contributed by atoms with Gasteiger partial charge in [-0.15, -0.1) is 0 Å². The van der Waals surface area contributed by atoms with Crippen molar-refractivity contribution >= 4 is 11.9 Å². The summed E-state index contributed by atoms with van der Waals surface area (Å²) >= 11 is 0. The fraction of sp³-hybridized carbons (Fsp3) is 0.722. The van der Waals surface area contributed by atoms with Gasteiger partial charge in [-0.25, -0.2) is 9.97 Å². The summed E-state index contributed by atoms with van der Waals surface area (Å²) in [6.45, 7) is 9.73. The van der Waals surface area contributed by atoms with Crippen LogP contribution >= 0.6 is 0 Å². The zero-order valence-electron chi connectivity index (χ0n) is 15.2. The highest BCUT2D eigenvalue weighted by Crippen LogP contribution is 2.52. The van der Waals surface area contributed by atoms with Crippen molar-refractivity contribution in [3.63, 3.8) is 0 Å². The van der Waals surface area contributed by atoms with E-state index in [0.29, 0.717) is 23.0 Å². The Morgan fingerprint density at radius 1 is 1.30 bits per heavy atom. The van der Waals surface area contributed by atoms with Crippen molar-refractivity contribution in [3.05, 3.63) is 17.5 Å². The molecular formula is C18H28N4O. The molecule has 1 aliphatic carbocycles. The van der Waals surface area contributed by atoms with Gasteiger partial charge in [0, 0.05) is 32.9 Å². The first-order chi connectivity index (χ1) is 10.6. The van der Waals surface area contributed by atoms with E-state index in [1.165, 1.54) is 6.42 Å². The van der Waals surface area contributed by atoms with Crippen molar-refractivity contribution in [2.45, 2.75) is 53.0 Å². The number of aryl methyl sites for hydroxylation is 1. The lowest BCUT2D eigenvalue weighted by Gasteiger charge is -2.39. The molecule has 2 atom stereocenters. The standard InChI is InChI=1S/C18H28N4O/c1-12-14(9-19-16(20-12)21(5)6)15(23)22-11-18(4)8-13(22)7-17(2,3)10-18/h9,13H,7-8,10-11H2,1-6H3/t13-,18-/m1/s1. The molecule has 0 unspecified atom stereocenters. The van der Waals surface area contributed by atoms with E-state index in [-0.39, 0.29) is 11.3 Å². The molecule has 1 saturated carbocycles. The van der Waals surface area contributed by atoms with Crippen molar-refractivity contribution < 1.29 is 4.79 Å². The summed E-state index contributed by atoms with van der Waals surface area (Å²) in [5.41, 5.74) is 1.97. The maximum Gasteiger partial charge on any atom is 0.257 e. The Labute approximate surface area is 139 Å². The Kier molecular flexibility index (Phi) is 3.65. The summed E-state index contributed by atoms with van der Waals surface area (Å²) in [5.74, 6) is 0.742. The van der Waals surface area contributed by atoms with Gasteiger partial charge in [-0.1, -0.05) is 20.8 Å². The van der Waals surface area contributed by atoms with E-state index in [2.05, 4.69) is 35.6 Å². The molecule has 1 amide bonds. The van der Waals surface area contributed by atoms with Gasteiger partial charge in [0.1, 0.15) is 0 Å². The van der Waals surface area contributed by atoms with Crippen LogP contribution in [0.1, 0.15) is 56.1 Å². The third-order valence-corrected chi connectivity index (χ3v) is 5.27. The molecule has 126 valence electrons. The number of likely N-dealkylation sites (tertiary alicyclic amines) is 1. The maximum absolute atomic E-state index is 13.1. The second-order valence-electron chi connectivity index (χ2n) is 8.71. The molecule has 5 heteroatoms. The average Bonchev–Trinajstić information content (AvgIpc) is 2.67. The molecule has 0 spiro atoms. The van der Waals surface area contributed by atoms with Gasteiger partial charge in [-0.3, -0.25) is 4.79 Å². The SMILES string of the molecule is Cc1nc(N(C)C)ncc1C(=O)N1C[C@]2(C)C[C@H]1CC(C)(C)C2. The number of fused-ring (bicyclic) bond motifs is 2. The number of hydrogen-bond acceptors (Lipinski definition) is 4. The molecule has 1 aliphatic heterocycles. The van der Waals surface area contributed by atoms with Crippen LogP contribution in [0.5, 0.6) is 0 Å². The molecule has 1 aromatic heterocycles. The van der Waals surface area contributed by atoms with E-state index in [1.807, 2.05) is 25.9 Å². The van der Waals surface area contributed by atoms with Gasteiger partial charge >= 0.3 is 0 Å². The van der Waals surface area contributed by atoms with E-state index in [1.54, 1.807) is 6.20 Å². The molecule has 0 N–H and O–H groups in total. The Bertz CT molecular complexity index is 640. The van der Waals surface area contributed by atoms with Crippen LogP contribution in [0.2, 0.25) is 0 Å². The first-order valence-corrected chi connectivity index (χ1v) is 8.42. The largest absolute Gasteiger partial charge is 0.347 e. The van der Waals surface area contributed by atoms with Crippen molar-refractivity contribution in [2.24, 2.45) is 10.8 Å². The highest BCUT2D eigenvalue weighted by atomic mass is 16.2. The van der Waals surface area contributed by atoms with E-state index in [0.717, 1.165) is 25.1 Å². The molecule has 23 heavy (non-hydrogen) atoms. The molecule has 0 radical (unpaired) electrons. The summed E-state index contributed by atoms with van der Waals surface area (Å²) in [6.07, 6.45) is 5.09. The molecule has 2 bridgehead atoms. The Morgan fingerprint density at radius 3 is 2.61 bits per heavy atom. The molecule has 3 rings (SSSR count). The zero-order valence-corrected chi connectivity index (χ0v) is 15.2. The second-order valence-corrected chi connectivity index (χ2v) is 8.71. The van der Waals surface area contributed by atoms with Crippen LogP contribution in [0.4, 0.5) is 5.95 Å². The van der Waals surface area contributed by atoms with Crippen molar-refractivity contribution in [1.82, 2.24) is 14.9 Å². The minimum Gasteiger partial charge on any atom is -0.347 e. The smallest absolute Gasteiger partial charge is 0.257 e. The predicted molar refractivity (Wildman–Crippen MR) is 91.7 cm³/mol. The molecule has 5 nitrogen and oxygen atoms in total. The number of rotatable bonds is 2. The average molecular weight is 316 g/mol. The first kappa shape index (κ1) is 16.2. The van der Waals surface area contributed by atoms with Crippen LogP contribution in [0.15, 0.2) is 6.20 Å². The Balaban J connectivity index is 1.87. The molecule has 2 fully saturated rings. The van der Waals surface area contributed by atoms with Gasteiger partial charge in [-0.05, 0) is 37.0 Å². The molecule has 0 aromatic carbocycles. The third-order valence-electron chi connectivity index (χ3n) is 5.27. The van der Waals surface area contributed by atoms with E-state index in [4.69, 9.17) is 0 Å². The van der Waals surface area contributed by atoms with Crippen LogP contribution in [0, 0.1) is 17.8 Å². The summed E-state index contributed by atoms with van der Waals surface area (Å²) < 4.78 is 0. The van der Waals surface area contributed by atoms with Crippen molar-refractivity contribution in [1.29, 1.82) is 0 Å². The quantitative estimate of drug-likeness (QED) is 0.842. The fourth-order valence-electron chi connectivity index (χ4n) is 4.73. The minimum absolute atomic E-state index is 0.0965. The van der Waals surface area contributed by atoms with Gasteiger partial charge in [0.05, 0.1) is 11.3 Å². The van der Waals surface area contributed by atoms with Gasteiger partial charge in [0.2, 0.25) is 5.95 Å². The predicted octanol–water partition coefficient (Wildman–Crippen LogP) is 2.89. The number of anilines is 1. The number of hydrogen-bond donors (Lipinski definition) is 0. The van der Waals surface area contributed by atoms with Crippen LogP contribution in [0.3, 0.4) is 0 Å². The highest BCUT2D eigenvalue weighted by molar-refractivity contribution is 5.95. The number of carbonyl (C=O) groups is 1. The van der Waals surface area contributed by atoms with Crippen LogP contribution < -0.4 is 4.90 Å². The minimum atomic E-state index is 0.0965. The molecular weight excluding hydrogens is 288 g/mol. The van der Waals surface area contributed by atoms with Gasteiger partial charge < -0.3 is 9.80 Å². The van der Waals surface area contributed by atoms with Gasteiger partial charge in [-0.2, -0.15) is 0 Å². The lowest BCUT2D eigenvalue weighted by Crippen LogP contribution is -2.38. The topological polar surface area (TPSA) is 49.3 Å². The van der Waals surface area contributed by atoms with Crippen LogP contribution in [-0.2, 0) is 0 Å². The van der Waals surface area contributed by atoms with E-state index in [9.17, 15) is 4.79 Å². The zero-order chi connectivity index (χ0) is 17.0. The lowest BCUT2D eigenvalue weighted by atomic mass is 9.65. The summed E-state index contributed by atoms with van der Waals surface area (Å²) in [5, 5.41) is 0. The fourth-order valence-corrected chi connectivity index (χ4v) is 4.73. The maximum atomic E-state index is 13.1. The third kappa shape index (κ3) is 2.93. The Morgan fingerprint density at radius 2 is 2.00 bits per heavy atom. The van der Waals surface area contributed by atoms with Crippen molar-refractivity contribution in [2.75, 3.05) is 25.5 Å². The molecule has 1 aromatic rings. The van der Waals surface area contributed by atoms with Gasteiger partial charge in [0.25, 0.3) is 5.91 Å². The normalized spacial score (nSPS) is 28.8. The summed E-state index contributed by atoms with van der Waals surface area (Å²) in [6, 6.07) is 0.351. The van der Waals surface area contributed by atoms with Crippen molar-refractivity contribution in [3.8, 4) is 0 Å². The lowest BCUT2D eigenvalue weighted by molar-refractivity contribution is 0.0706. The number of amides is 1. The number of aromatic nitrogens is 2. The highest BCUT2D eigenvalue weighted by Gasteiger charge is 2.51. The summed E-state index contributed by atoms with van der Waals surface area (Å²) in [4.78, 5) is 25.8. The monoisotopic (exact) mass is 316 g/mol. The molecule has 2 aliphatic rings.